The Labute approximate surface area is 122 Å². The summed E-state index contributed by atoms with van der Waals surface area (Å²) in [5, 5.41) is 0. The van der Waals surface area contributed by atoms with E-state index in [1.54, 1.807) is 6.07 Å². The lowest BCUT2D eigenvalue weighted by atomic mass is 10.1. The third kappa shape index (κ3) is 1.80. The lowest BCUT2D eigenvalue weighted by Crippen LogP contribution is -2.29. The summed E-state index contributed by atoms with van der Waals surface area (Å²) in [5.41, 5.74) is 6.89. The fourth-order valence-corrected chi connectivity index (χ4v) is 2.67. The van der Waals surface area contributed by atoms with Gasteiger partial charge < -0.3 is 5.73 Å². The smallest absolute Gasteiger partial charge is 0.266 e. The molecule has 0 aromatic heterocycles. The highest BCUT2D eigenvalue weighted by Crippen LogP contribution is 2.34. The van der Waals surface area contributed by atoms with Gasteiger partial charge in [0.2, 0.25) is 0 Å². The average Bonchev–Trinajstić information content (AvgIpc) is 2.63. The Bertz CT molecular complexity index is 761. The van der Waals surface area contributed by atoms with E-state index in [1.807, 2.05) is 0 Å². The number of benzene rings is 2. The van der Waals surface area contributed by atoms with Gasteiger partial charge in [-0.2, -0.15) is 0 Å². The quantitative estimate of drug-likeness (QED) is 0.644. The van der Waals surface area contributed by atoms with Gasteiger partial charge in [-0.15, -0.1) is 0 Å². The zero-order chi connectivity index (χ0) is 14.4. The van der Waals surface area contributed by atoms with Crippen molar-refractivity contribution in [2.45, 2.75) is 0 Å². The van der Waals surface area contributed by atoms with Crippen molar-refractivity contribution < 1.29 is 14.0 Å². The first-order chi connectivity index (χ1) is 9.49. The molecule has 0 saturated carbocycles. The molecule has 0 atom stereocenters. The molecule has 6 heteroatoms. The largest absolute Gasteiger partial charge is 0.399 e. The Balaban J connectivity index is 2.14. The second-order valence-electron chi connectivity index (χ2n) is 4.35. The molecule has 4 nitrogen and oxygen atoms in total. The van der Waals surface area contributed by atoms with Crippen molar-refractivity contribution in [2.75, 3.05) is 10.6 Å². The second kappa shape index (κ2) is 4.42. The Hall–Kier alpha value is -2.21. The molecule has 0 bridgehead atoms. The van der Waals surface area contributed by atoms with Crippen LogP contribution in [0.2, 0.25) is 0 Å². The van der Waals surface area contributed by atoms with Crippen LogP contribution in [0.3, 0.4) is 0 Å². The maximum Gasteiger partial charge on any atom is 0.266 e. The first-order valence-electron chi connectivity index (χ1n) is 5.72. The minimum absolute atomic E-state index is 0.256. The molecule has 1 aliphatic rings. The number of amides is 2. The molecule has 2 N–H and O–H groups in total. The molecule has 0 spiro atoms. The molecular weight excluding hydrogens is 327 g/mol. The number of hydrogen-bond acceptors (Lipinski definition) is 3. The maximum absolute atomic E-state index is 13.1. The van der Waals surface area contributed by atoms with Gasteiger partial charge in [-0.25, -0.2) is 9.29 Å². The van der Waals surface area contributed by atoms with Crippen molar-refractivity contribution >= 4 is 39.1 Å². The third-order valence-corrected chi connectivity index (χ3v) is 3.70. The number of hydrogen-bond donors (Lipinski definition) is 1. The minimum Gasteiger partial charge on any atom is -0.399 e. The molecule has 2 aromatic rings. The van der Waals surface area contributed by atoms with Crippen LogP contribution in [0.5, 0.6) is 0 Å². The number of imide groups is 1. The first-order valence-corrected chi connectivity index (χ1v) is 6.51. The second-order valence-corrected chi connectivity index (χ2v) is 5.20. The fourth-order valence-electron chi connectivity index (χ4n) is 2.14. The maximum atomic E-state index is 13.1. The van der Waals surface area contributed by atoms with Gasteiger partial charge in [-0.05, 0) is 52.3 Å². The van der Waals surface area contributed by atoms with E-state index in [2.05, 4.69) is 15.9 Å². The Morgan fingerprint density at radius 3 is 2.40 bits per heavy atom. The summed E-state index contributed by atoms with van der Waals surface area (Å²) in [5.74, 6) is -1.37. The summed E-state index contributed by atoms with van der Waals surface area (Å²) in [6, 6.07) is 8.32. The highest BCUT2D eigenvalue weighted by molar-refractivity contribution is 9.10. The molecule has 0 fully saturated rings. The van der Waals surface area contributed by atoms with Crippen LogP contribution < -0.4 is 10.6 Å². The number of fused-ring (bicyclic) bond motifs is 1. The molecule has 0 unspecified atom stereocenters. The van der Waals surface area contributed by atoms with Gasteiger partial charge in [0.15, 0.2) is 0 Å². The number of nitrogen functional groups attached to an aromatic ring is 1. The van der Waals surface area contributed by atoms with Crippen LogP contribution in [0.15, 0.2) is 40.9 Å². The van der Waals surface area contributed by atoms with Crippen molar-refractivity contribution in [3.05, 3.63) is 57.8 Å². The Kier molecular flexibility index (Phi) is 2.83. The molecule has 20 heavy (non-hydrogen) atoms. The van der Waals surface area contributed by atoms with Crippen LogP contribution in [0.4, 0.5) is 15.8 Å². The van der Waals surface area contributed by atoms with Gasteiger partial charge >= 0.3 is 0 Å². The normalized spacial score (nSPS) is 13.8. The van der Waals surface area contributed by atoms with Gasteiger partial charge in [0, 0.05) is 10.2 Å². The molecule has 2 amide bonds. The zero-order valence-corrected chi connectivity index (χ0v) is 11.6. The summed E-state index contributed by atoms with van der Waals surface area (Å²) in [6.07, 6.45) is 0. The summed E-state index contributed by atoms with van der Waals surface area (Å²) in [7, 11) is 0. The van der Waals surface area contributed by atoms with Gasteiger partial charge in [0.25, 0.3) is 11.8 Å². The fraction of sp³-hybridized carbons (Fsp3) is 0. The molecule has 0 aliphatic carbocycles. The van der Waals surface area contributed by atoms with Crippen LogP contribution in [-0.4, -0.2) is 11.8 Å². The molecule has 1 aliphatic heterocycles. The number of nitrogens with zero attached hydrogens (tertiary/aromatic N) is 1. The summed E-state index contributed by atoms with van der Waals surface area (Å²) in [6.45, 7) is 0. The Morgan fingerprint density at radius 2 is 1.70 bits per heavy atom. The van der Waals surface area contributed by atoms with Crippen molar-refractivity contribution in [1.82, 2.24) is 0 Å². The van der Waals surface area contributed by atoms with E-state index in [-0.39, 0.29) is 5.56 Å². The van der Waals surface area contributed by atoms with E-state index < -0.39 is 17.6 Å². The SMILES string of the molecule is Nc1ccc2c(c1)C(=O)N(c1ccc(F)cc1Br)C2=O. The number of anilines is 2. The lowest BCUT2D eigenvalue weighted by molar-refractivity contribution is 0.0926. The van der Waals surface area contributed by atoms with E-state index in [0.717, 1.165) is 4.90 Å². The van der Waals surface area contributed by atoms with Gasteiger partial charge in [0.1, 0.15) is 5.82 Å². The van der Waals surface area contributed by atoms with Crippen LogP contribution in [0.1, 0.15) is 20.7 Å². The van der Waals surface area contributed by atoms with Crippen molar-refractivity contribution in [3.63, 3.8) is 0 Å². The predicted molar refractivity (Wildman–Crippen MR) is 76.1 cm³/mol. The van der Waals surface area contributed by atoms with Crippen molar-refractivity contribution in [2.24, 2.45) is 0 Å². The first kappa shape index (κ1) is 12.8. The van der Waals surface area contributed by atoms with Gasteiger partial charge in [0.05, 0.1) is 16.8 Å². The van der Waals surface area contributed by atoms with E-state index in [4.69, 9.17) is 5.73 Å². The van der Waals surface area contributed by atoms with Crippen molar-refractivity contribution in [3.8, 4) is 0 Å². The highest BCUT2D eigenvalue weighted by atomic mass is 79.9. The van der Waals surface area contributed by atoms with Gasteiger partial charge in [-0.1, -0.05) is 0 Å². The topological polar surface area (TPSA) is 63.4 Å². The lowest BCUT2D eigenvalue weighted by Gasteiger charge is -2.15. The highest BCUT2D eigenvalue weighted by Gasteiger charge is 2.37. The molecular formula is C14H8BrFN2O2. The summed E-state index contributed by atoms with van der Waals surface area (Å²) >= 11 is 3.16. The van der Waals surface area contributed by atoms with Crippen LogP contribution in [0, 0.1) is 5.82 Å². The molecule has 2 aromatic carbocycles. The number of halogens is 2. The van der Waals surface area contributed by atoms with Crippen LogP contribution in [-0.2, 0) is 0 Å². The van der Waals surface area contributed by atoms with Crippen LogP contribution >= 0.6 is 15.9 Å². The zero-order valence-electron chi connectivity index (χ0n) is 10.1. The van der Waals surface area contributed by atoms with Crippen molar-refractivity contribution in [1.29, 1.82) is 0 Å². The van der Waals surface area contributed by atoms with Crippen LogP contribution in [0.25, 0.3) is 0 Å². The Morgan fingerprint density at radius 1 is 1.00 bits per heavy atom. The molecule has 100 valence electrons. The number of carbonyl (C=O) groups excluding carboxylic acids is 2. The predicted octanol–water partition coefficient (Wildman–Crippen LogP) is 2.97. The average molecular weight is 335 g/mol. The van der Waals surface area contributed by atoms with E-state index in [9.17, 15) is 14.0 Å². The van der Waals surface area contributed by atoms with E-state index in [1.165, 1.54) is 30.3 Å². The number of carbonyl (C=O) groups is 2. The minimum atomic E-state index is -0.468. The van der Waals surface area contributed by atoms with E-state index >= 15 is 0 Å². The molecule has 3 rings (SSSR count). The molecule has 1 heterocycles. The number of nitrogens with two attached hydrogens (primary N) is 1. The number of rotatable bonds is 1. The van der Waals surface area contributed by atoms with E-state index in [0.29, 0.717) is 21.4 Å². The summed E-state index contributed by atoms with van der Waals surface area (Å²) < 4.78 is 13.4. The third-order valence-electron chi connectivity index (χ3n) is 3.06. The summed E-state index contributed by atoms with van der Waals surface area (Å²) in [4.78, 5) is 25.6. The van der Waals surface area contributed by atoms with Gasteiger partial charge in [-0.3, -0.25) is 9.59 Å². The standard InChI is InChI=1S/C14H8BrFN2O2/c15-11-5-7(16)1-4-12(11)18-13(19)9-3-2-8(17)6-10(9)14(18)20/h1-6H,17H2. The molecule has 0 saturated heterocycles. The monoisotopic (exact) mass is 334 g/mol. The molecule has 0 radical (unpaired) electrons.